The molecule has 0 aliphatic heterocycles. The van der Waals surface area contributed by atoms with Crippen molar-refractivity contribution in [2.45, 2.75) is 84.3 Å². The molecule has 45 heavy (non-hydrogen) atoms. The number of carbonyl (C=O) groups is 3. The van der Waals surface area contributed by atoms with Crippen molar-refractivity contribution < 1.29 is 19.1 Å². The highest BCUT2D eigenvalue weighted by Crippen LogP contribution is 2.19. The largest absolute Gasteiger partial charge is 0.444 e. The highest BCUT2D eigenvalue weighted by atomic mass is 32.1. The number of rotatable bonds is 14. The molecule has 2 aromatic rings. The van der Waals surface area contributed by atoms with E-state index < -0.39 is 11.7 Å². The first-order valence-electron chi connectivity index (χ1n) is 15.0. The molecule has 0 unspecified atom stereocenters. The molecule has 1 aliphatic rings. The van der Waals surface area contributed by atoms with Gasteiger partial charge in [0.2, 0.25) is 11.0 Å². The van der Waals surface area contributed by atoms with Crippen LogP contribution in [0.5, 0.6) is 0 Å². The molecule has 11 nitrogen and oxygen atoms in total. The predicted molar refractivity (Wildman–Crippen MR) is 180 cm³/mol. The van der Waals surface area contributed by atoms with Crippen LogP contribution in [-0.2, 0) is 33.7 Å². The Balaban J connectivity index is 0.000000669. The fourth-order valence-corrected chi connectivity index (χ4v) is 4.79. The monoisotopic (exact) mass is 637 g/mol. The van der Waals surface area contributed by atoms with Gasteiger partial charge in [-0.2, -0.15) is 0 Å². The van der Waals surface area contributed by atoms with E-state index in [0.29, 0.717) is 23.9 Å². The number of alkyl carbamates (subject to hydrolysis) is 1. The van der Waals surface area contributed by atoms with Crippen molar-refractivity contribution in [3.8, 4) is 0 Å². The molecule has 12 heteroatoms. The first kappa shape index (κ1) is 36.7. The number of allylic oxidation sites excluding steroid dienone is 7. The number of hydrogen-bond donors (Lipinski definition) is 5. The standard InChI is InChI=1S/C25H37N7O3S.C8H10O/c1-25(2,3)35-24(34)29-16-18-9-7-8-17(14-18)15-21(33)30-23-32-31-22(36-23)11-6-5-10-19(26)12-13-20(27)28-4;9-7-6-8-4-2-1-3-5-8/h7-9,12-14,28H,5-6,10-11,15-16,26-27H2,1-4H3,(H,29,34)(H,30,32,33);1-2,4,7H,3,5-6H2/b19-12-,20-13+;. The molecule has 244 valence electrons. The smallest absolute Gasteiger partial charge is 0.407 e. The number of nitrogens with two attached hydrogens (primary N) is 2. The van der Waals surface area contributed by atoms with E-state index in [-0.39, 0.29) is 12.3 Å². The Morgan fingerprint density at radius 3 is 2.58 bits per heavy atom. The summed E-state index contributed by atoms with van der Waals surface area (Å²) in [6.07, 6.45) is 16.5. The number of hydrogen-bond acceptors (Lipinski definition) is 10. The maximum Gasteiger partial charge on any atom is 0.407 e. The highest BCUT2D eigenvalue weighted by molar-refractivity contribution is 7.15. The van der Waals surface area contributed by atoms with Gasteiger partial charge in [-0.1, -0.05) is 59.4 Å². The number of amides is 2. The fraction of sp³-hybridized carbons (Fsp3) is 0.424. The maximum atomic E-state index is 12.5. The number of anilines is 1. The maximum absolute atomic E-state index is 12.5. The summed E-state index contributed by atoms with van der Waals surface area (Å²) in [6, 6.07) is 7.48. The summed E-state index contributed by atoms with van der Waals surface area (Å²) in [6.45, 7) is 5.74. The van der Waals surface area contributed by atoms with Gasteiger partial charge >= 0.3 is 6.09 Å². The zero-order chi connectivity index (χ0) is 33.1. The molecule has 0 atom stereocenters. The first-order valence-corrected chi connectivity index (χ1v) is 15.8. The quantitative estimate of drug-likeness (QED) is 0.106. The zero-order valence-electron chi connectivity index (χ0n) is 26.7. The molecular formula is C33H47N7O4S. The SMILES string of the molecule is CN/C(N)=C/C=C(\N)CCCCc1nnc(NC(=O)Cc2cccc(CNC(=O)OC(C)(C)C)c2)s1.O=CCC1=CC=CCC1. The van der Waals surface area contributed by atoms with E-state index >= 15 is 0 Å². The van der Waals surface area contributed by atoms with Gasteiger partial charge in [0.05, 0.1) is 12.2 Å². The van der Waals surface area contributed by atoms with Gasteiger partial charge in [0.25, 0.3) is 0 Å². The third kappa shape index (κ3) is 16.8. The number of aldehydes is 1. The van der Waals surface area contributed by atoms with E-state index in [4.69, 9.17) is 16.2 Å². The van der Waals surface area contributed by atoms with E-state index in [1.165, 1.54) is 16.9 Å². The van der Waals surface area contributed by atoms with Gasteiger partial charge in [0.15, 0.2) is 0 Å². The minimum Gasteiger partial charge on any atom is -0.444 e. The number of benzene rings is 1. The van der Waals surface area contributed by atoms with Crippen molar-refractivity contribution in [2.75, 3.05) is 12.4 Å². The summed E-state index contributed by atoms with van der Waals surface area (Å²) in [5.74, 6) is 0.381. The van der Waals surface area contributed by atoms with Crippen LogP contribution in [-0.4, -0.2) is 41.1 Å². The van der Waals surface area contributed by atoms with Crippen molar-refractivity contribution in [1.29, 1.82) is 0 Å². The van der Waals surface area contributed by atoms with Crippen molar-refractivity contribution in [1.82, 2.24) is 20.8 Å². The second-order valence-corrected chi connectivity index (χ2v) is 12.4. The molecule has 0 radical (unpaired) electrons. The number of nitrogens with one attached hydrogen (secondary N) is 3. The van der Waals surface area contributed by atoms with E-state index in [0.717, 1.165) is 66.6 Å². The summed E-state index contributed by atoms with van der Waals surface area (Å²) in [5, 5.41) is 17.9. The van der Waals surface area contributed by atoms with Gasteiger partial charge in [-0.25, -0.2) is 4.79 Å². The van der Waals surface area contributed by atoms with Gasteiger partial charge in [0.1, 0.15) is 16.9 Å². The second-order valence-electron chi connectivity index (χ2n) is 11.4. The van der Waals surface area contributed by atoms with Crippen LogP contribution >= 0.6 is 11.3 Å². The Hall–Kier alpha value is -4.45. The molecule has 0 bridgehead atoms. The number of ether oxygens (including phenoxy) is 1. The summed E-state index contributed by atoms with van der Waals surface area (Å²) in [5.41, 5.74) is 14.8. The predicted octanol–water partition coefficient (Wildman–Crippen LogP) is 5.17. The van der Waals surface area contributed by atoms with Crippen molar-refractivity contribution >= 4 is 34.8 Å². The highest BCUT2D eigenvalue weighted by Gasteiger charge is 2.16. The van der Waals surface area contributed by atoms with Crippen molar-refractivity contribution in [3.05, 3.63) is 87.9 Å². The van der Waals surface area contributed by atoms with Crippen molar-refractivity contribution in [2.24, 2.45) is 11.5 Å². The molecule has 3 rings (SSSR count). The molecule has 1 heterocycles. The molecule has 0 fully saturated rings. The normalized spacial score (nSPS) is 13.2. The number of aromatic nitrogens is 2. The summed E-state index contributed by atoms with van der Waals surface area (Å²) in [7, 11) is 1.75. The second kappa shape index (κ2) is 19.8. The first-order chi connectivity index (χ1) is 21.5. The molecular weight excluding hydrogens is 590 g/mol. The van der Waals surface area contributed by atoms with Gasteiger partial charge < -0.3 is 36.9 Å². The molecule has 0 saturated carbocycles. The number of unbranched alkanes of at least 4 members (excludes halogenated alkanes) is 1. The number of nitrogens with zero attached hydrogens (tertiary/aromatic N) is 2. The molecule has 1 aromatic heterocycles. The molecule has 1 aromatic carbocycles. The van der Waals surface area contributed by atoms with Crippen LogP contribution in [0.1, 0.15) is 75.4 Å². The van der Waals surface area contributed by atoms with Gasteiger partial charge in [-0.3, -0.25) is 4.79 Å². The molecule has 7 N–H and O–H groups in total. The number of carbonyl (C=O) groups excluding carboxylic acids is 3. The van der Waals surface area contributed by atoms with Crippen molar-refractivity contribution in [3.63, 3.8) is 0 Å². The van der Waals surface area contributed by atoms with E-state index in [1.807, 2.05) is 57.2 Å². The van der Waals surface area contributed by atoms with E-state index in [9.17, 15) is 14.4 Å². The average Bonchev–Trinajstić information content (AvgIpc) is 3.44. The Morgan fingerprint density at radius 1 is 1.11 bits per heavy atom. The lowest BCUT2D eigenvalue weighted by Crippen LogP contribution is -2.32. The summed E-state index contributed by atoms with van der Waals surface area (Å²) >= 11 is 1.37. The van der Waals surface area contributed by atoms with Crippen LogP contribution in [0.2, 0.25) is 0 Å². The van der Waals surface area contributed by atoms with Crippen LogP contribution in [0.3, 0.4) is 0 Å². The fourth-order valence-electron chi connectivity index (χ4n) is 3.99. The minimum absolute atomic E-state index is 0.179. The van der Waals surface area contributed by atoms with Crippen LogP contribution in [0.15, 0.2) is 71.7 Å². The lowest BCUT2D eigenvalue weighted by molar-refractivity contribution is -0.115. The molecule has 0 saturated heterocycles. The lowest BCUT2D eigenvalue weighted by Gasteiger charge is -2.19. The Bertz CT molecular complexity index is 1370. The summed E-state index contributed by atoms with van der Waals surface area (Å²) < 4.78 is 5.24. The Morgan fingerprint density at radius 2 is 1.89 bits per heavy atom. The third-order valence-electron chi connectivity index (χ3n) is 6.22. The Kier molecular flexibility index (Phi) is 16.1. The molecule has 0 spiro atoms. The van der Waals surface area contributed by atoms with Crippen LogP contribution in [0.4, 0.5) is 9.93 Å². The van der Waals surface area contributed by atoms with Crippen LogP contribution < -0.4 is 27.4 Å². The van der Waals surface area contributed by atoms with E-state index in [2.05, 4.69) is 32.2 Å². The van der Waals surface area contributed by atoms with Gasteiger partial charge in [0, 0.05) is 32.1 Å². The van der Waals surface area contributed by atoms with Gasteiger partial charge in [-0.15, -0.1) is 10.2 Å². The third-order valence-corrected chi connectivity index (χ3v) is 7.12. The topological polar surface area (TPSA) is 174 Å². The van der Waals surface area contributed by atoms with Crippen LogP contribution in [0.25, 0.3) is 0 Å². The van der Waals surface area contributed by atoms with Gasteiger partial charge in [-0.05, 0) is 76.2 Å². The van der Waals surface area contributed by atoms with Crippen LogP contribution in [0, 0.1) is 0 Å². The minimum atomic E-state index is -0.556. The molecule has 1 aliphatic carbocycles. The zero-order valence-corrected chi connectivity index (χ0v) is 27.5. The Labute approximate surface area is 270 Å². The van der Waals surface area contributed by atoms with E-state index in [1.54, 1.807) is 19.2 Å². The average molecular weight is 638 g/mol. The summed E-state index contributed by atoms with van der Waals surface area (Å²) in [4.78, 5) is 34.3. The lowest BCUT2D eigenvalue weighted by atomic mass is 10.0. The number of aryl methyl sites for hydroxylation is 1. The molecule has 2 amide bonds.